The number of thiazole rings is 1. The summed E-state index contributed by atoms with van der Waals surface area (Å²) in [5.41, 5.74) is 4.04. The molecule has 0 unspecified atom stereocenters. The molecule has 7 heteroatoms. The van der Waals surface area contributed by atoms with E-state index in [9.17, 15) is 14.9 Å². The van der Waals surface area contributed by atoms with Crippen LogP contribution in [0.1, 0.15) is 22.3 Å². The Morgan fingerprint density at radius 2 is 1.88 bits per heavy atom. The van der Waals surface area contributed by atoms with Crippen molar-refractivity contribution in [1.29, 1.82) is 5.26 Å². The Balaban J connectivity index is 2.37. The second kappa shape index (κ2) is 10.2. The van der Waals surface area contributed by atoms with Crippen molar-refractivity contribution in [2.45, 2.75) is 20.8 Å². The number of carbonyl (C=O) groups excluding carboxylic acids is 1. The first kappa shape index (κ1) is 23.2. The van der Waals surface area contributed by atoms with Crippen LogP contribution in [-0.2, 0) is 9.53 Å². The van der Waals surface area contributed by atoms with Crippen LogP contribution >= 0.6 is 11.3 Å². The molecule has 0 saturated carbocycles. The molecule has 0 saturated heterocycles. The first-order chi connectivity index (χ1) is 15.4. The number of nitriles is 1. The first-order valence-electron chi connectivity index (χ1n) is 10.2. The molecule has 32 heavy (non-hydrogen) atoms. The van der Waals surface area contributed by atoms with E-state index in [4.69, 9.17) is 4.74 Å². The van der Waals surface area contributed by atoms with Crippen LogP contribution in [0.25, 0.3) is 17.3 Å². The Hall–Kier alpha value is -3.47. The van der Waals surface area contributed by atoms with Crippen LogP contribution in [0.4, 0.5) is 0 Å². The maximum Gasteiger partial charge on any atom is 0.273 e. The lowest BCUT2D eigenvalue weighted by atomic mass is 10.1. The molecule has 0 aliphatic rings. The third-order valence-electron chi connectivity index (χ3n) is 4.97. The molecule has 0 spiro atoms. The quantitative estimate of drug-likeness (QED) is 0.587. The van der Waals surface area contributed by atoms with Crippen LogP contribution in [0.2, 0.25) is 0 Å². The van der Waals surface area contributed by atoms with E-state index in [1.165, 1.54) is 11.7 Å². The molecule has 6 nitrogen and oxygen atoms in total. The number of hydrogen-bond acceptors (Lipinski definition) is 5. The minimum absolute atomic E-state index is 0.102. The van der Waals surface area contributed by atoms with E-state index in [2.05, 4.69) is 5.32 Å². The second-order valence-corrected chi connectivity index (χ2v) is 8.48. The van der Waals surface area contributed by atoms with Gasteiger partial charge in [0.05, 0.1) is 16.8 Å². The first-order valence-corrected chi connectivity index (χ1v) is 11.0. The molecule has 1 amide bonds. The summed E-state index contributed by atoms with van der Waals surface area (Å²) in [6.07, 6.45) is 1.80. The molecule has 0 fully saturated rings. The molecule has 164 valence electrons. The highest BCUT2D eigenvalue weighted by Gasteiger charge is 2.18. The third-order valence-corrected chi connectivity index (χ3v) is 6.06. The highest BCUT2D eigenvalue weighted by molar-refractivity contribution is 7.07. The number of hydrogen-bond donors (Lipinski definition) is 1. The second-order valence-electron chi connectivity index (χ2n) is 7.45. The summed E-state index contributed by atoms with van der Waals surface area (Å²) in [7, 11) is 1.53. The van der Waals surface area contributed by atoms with Crippen molar-refractivity contribution in [1.82, 2.24) is 9.88 Å². The molecule has 0 aliphatic carbocycles. The fraction of sp³-hybridized carbons (Fsp3) is 0.240. The van der Waals surface area contributed by atoms with Crippen molar-refractivity contribution in [3.63, 3.8) is 0 Å². The Labute approximate surface area is 190 Å². The highest BCUT2D eigenvalue weighted by Crippen LogP contribution is 2.16. The number of rotatable bonds is 6. The molecule has 0 atom stereocenters. The molecular weight excluding hydrogens is 422 g/mol. The number of aryl methyl sites for hydroxylation is 3. The molecule has 1 aromatic heterocycles. The number of benzene rings is 2. The molecule has 0 aliphatic heterocycles. The van der Waals surface area contributed by atoms with E-state index in [1.54, 1.807) is 6.08 Å². The maximum absolute atomic E-state index is 13.6. The zero-order valence-corrected chi connectivity index (χ0v) is 19.4. The summed E-state index contributed by atoms with van der Waals surface area (Å²) >= 11 is 1.14. The van der Waals surface area contributed by atoms with Gasteiger partial charge in [-0.2, -0.15) is 5.26 Å². The highest BCUT2D eigenvalue weighted by atomic mass is 32.1. The van der Waals surface area contributed by atoms with Gasteiger partial charge in [-0.15, -0.1) is 11.3 Å². The molecule has 0 radical (unpaired) electrons. The number of carbonyl (C=O) groups is 1. The van der Waals surface area contributed by atoms with Gasteiger partial charge in [0.1, 0.15) is 10.7 Å². The van der Waals surface area contributed by atoms with Crippen molar-refractivity contribution < 1.29 is 9.53 Å². The summed E-state index contributed by atoms with van der Waals surface area (Å²) in [5, 5.41) is 12.5. The van der Waals surface area contributed by atoms with Gasteiger partial charge < -0.3 is 10.1 Å². The number of nitrogens with one attached hydrogen (secondary N) is 1. The Kier molecular flexibility index (Phi) is 7.41. The summed E-state index contributed by atoms with van der Waals surface area (Å²) in [6.45, 7) is 6.39. The smallest absolute Gasteiger partial charge is 0.273 e. The van der Waals surface area contributed by atoms with Crippen molar-refractivity contribution in [3.05, 3.63) is 84.3 Å². The van der Waals surface area contributed by atoms with E-state index in [0.29, 0.717) is 21.5 Å². The van der Waals surface area contributed by atoms with Crippen LogP contribution < -0.4 is 20.1 Å². The number of nitrogens with zero attached hydrogens (tertiary/aromatic N) is 2. The number of amides is 1. The summed E-state index contributed by atoms with van der Waals surface area (Å²) in [6, 6.07) is 15.5. The van der Waals surface area contributed by atoms with Gasteiger partial charge in [-0.3, -0.25) is 14.2 Å². The predicted octanol–water partition coefficient (Wildman–Crippen LogP) is 2.09. The minimum atomic E-state index is -0.534. The van der Waals surface area contributed by atoms with E-state index in [0.717, 1.165) is 33.6 Å². The van der Waals surface area contributed by atoms with Crippen LogP contribution in [0.3, 0.4) is 0 Å². The van der Waals surface area contributed by atoms with Gasteiger partial charge in [-0.05, 0) is 43.5 Å². The minimum Gasteiger partial charge on any atom is -0.383 e. The topological polar surface area (TPSA) is 84.1 Å². The molecule has 3 aromatic rings. The lowest BCUT2D eigenvalue weighted by Gasteiger charge is -2.11. The Morgan fingerprint density at radius 3 is 2.50 bits per heavy atom. The van der Waals surface area contributed by atoms with Crippen LogP contribution in [-0.4, -0.2) is 30.7 Å². The average Bonchev–Trinajstić information content (AvgIpc) is 3.05. The van der Waals surface area contributed by atoms with Crippen LogP contribution in [0.5, 0.6) is 0 Å². The van der Waals surface area contributed by atoms with E-state index >= 15 is 0 Å². The van der Waals surface area contributed by atoms with Gasteiger partial charge >= 0.3 is 0 Å². The summed E-state index contributed by atoms with van der Waals surface area (Å²) < 4.78 is 7.22. The van der Waals surface area contributed by atoms with Crippen molar-refractivity contribution in [2.75, 3.05) is 20.3 Å². The standard InChI is InChI=1S/C25H25N3O3S/c1-16-7-5-10-19(13-16)14-21-24(30)28(22-17(2)8-6-9-18(22)3)25(32-21)20(15-26)23(29)27-11-12-31-4/h5-10,13-14H,11-12H2,1-4H3,(H,27,29)/b21-14-,25-20-. The Bertz CT molecular complexity index is 1360. The van der Waals surface area contributed by atoms with Crippen molar-refractivity contribution >= 4 is 28.9 Å². The number of para-hydroxylation sites is 1. The van der Waals surface area contributed by atoms with Gasteiger partial charge in [0.15, 0.2) is 5.57 Å². The van der Waals surface area contributed by atoms with Crippen molar-refractivity contribution in [2.24, 2.45) is 0 Å². The third kappa shape index (κ3) is 4.88. The monoisotopic (exact) mass is 447 g/mol. The summed E-state index contributed by atoms with van der Waals surface area (Å²) in [5.74, 6) is -0.534. The number of ether oxygens (including phenoxy) is 1. The van der Waals surface area contributed by atoms with Crippen LogP contribution in [0.15, 0.2) is 47.3 Å². The molecule has 3 rings (SSSR count). The van der Waals surface area contributed by atoms with Gasteiger partial charge in [0.25, 0.3) is 11.5 Å². The predicted molar refractivity (Wildman–Crippen MR) is 127 cm³/mol. The lowest BCUT2D eigenvalue weighted by Crippen LogP contribution is -2.35. The maximum atomic E-state index is 13.6. The molecule has 2 aromatic carbocycles. The average molecular weight is 448 g/mol. The zero-order valence-electron chi connectivity index (χ0n) is 18.6. The fourth-order valence-corrected chi connectivity index (χ4v) is 4.56. The lowest BCUT2D eigenvalue weighted by molar-refractivity contribution is -0.115. The Morgan fingerprint density at radius 1 is 1.19 bits per heavy atom. The molecule has 1 heterocycles. The van der Waals surface area contributed by atoms with E-state index in [1.807, 2.05) is 69.3 Å². The fourth-order valence-electron chi connectivity index (χ4n) is 3.47. The number of aromatic nitrogens is 1. The summed E-state index contributed by atoms with van der Waals surface area (Å²) in [4.78, 5) is 26.3. The molecule has 0 bridgehead atoms. The van der Waals surface area contributed by atoms with Gasteiger partial charge in [-0.1, -0.05) is 48.0 Å². The largest absolute Gasteiger partial charge is 0.383 e. The normalized spacial score (nSPS) is 12.4. The van der Waals surface area contributed by atoms with Crippen LogP contribution in [0, 0.1) is 32.1 Å². The SMILES string of the molecule is COCCNC(=O)/C(C#N)=c1\s/c(=C\c2cccc(C)c2)c(=O)n1-c1c(C)cccc1C. The number of methoxy groups -OCH3 is 1. The van der Waals surface area contributed by atoms with E-state index < -0.39 is 5.91 Å². The van der Waals surface area contributed by atoms with Gasteiger partial charge in [0, 0.05) is 13.7 Å². The van der Waals surface area contributed by atoms with Gasteiger partial charge in [-0.25, -0.2) is 0 Å². The van der Waals surface area contributed by atoms with E-state index in [-0.39, 0.29) is 17.7 Å². The zero-order chi connectivity index (χ0) is 23.3. The van der Waals surface area contributed by atoms with Gasteiger partial charge in [0.2, 0.25) is 0 Å². The van der Waals surface area contributed by atoms with Crippen molar-refractivity contribution in [3.8, 4) is 11.8 Å². The molecular formula is C25H25N3O3S. The molecule has 1 N–H and O–H groups in total.